The molecule has 1 aromatic heterocycles. The van der Waals surface area contributed by atoms with E-state index in [1.807, 2.05) is 0 Å². The number of alkyl halides is 3. The quantitative estimate of drug-likeness (QED) is 0.606. The van der Waals surface area contributed by atoms with Crippen LogP contribution in [-0.2, 0) is 20.9 Å². The van der Waals surface area contributed by atoms with Crippen molar-refractivity contribution in [1.29, 1.82) is 0 Å². The zero-order valence-corrected chi connectivity index (χ0v) is 16.0. The van der Waals surface area contributed by atoms with Crippen molar-refractivity contribution in [2.45, 2.75) is 29.7 Å². The molecule has 9 nitrogen and oxygen atoms in total. The van der Waals surface area contributed by atoms with Gasteiger partial charge < -0.3 is 19.9 Å². The van der Waals surface area contributed by atoms with Gasteiger partial charge in [0.05, 0.1) is 18.9 Å². The molecule has 1 aliphatic heterocycles. The summed E-state index contributed by atoms with van der Waals surface area (Å²) in [5.74, 6) is -1.32. The van der Waals surface area contributed by atoms with Gasteiger partial charge in [-0.2, -0.15) is 18.2 Å². The van der Waals surface area contributed by atoms with Crippen molar-refractivity contribution in [1.82, 2.24) is 14.7 Å². The highest BCUT2D eigenvalue weighted by molar-refractivity contribution is 7.89. The first kappa shape index (κ1) is 18.3. The average Bonchev–Trinajstić information content (AvgIpc) is 2.67. The second kappa shape index (κ2) is 8.71. The lowest BCUT2D eigenvalue weighted by molar-refractivity contribution is -0.141. The first-order valence-electron chi connectivity index (χ1n) is 10.0. The van der Waals surface area contributed by atoms with E-state index < -0.39 is 57.7 Å². The summed E-state index contributed by atoms with van der Waals surface area (Å²) in [6.45, 7) is -2.96. The summed E-state index contributed by atoms with van der Waals surface area (Å²) in [6.07, 6.45) is -6.49. The van der Waals surface area contributed by atoms with Gasteiger partial charge in [-0.25, -0.2) is 18.1 Å². The molecular formula is C17H19F3N4O5S. The number of halogens is 3. The molecule has 3 rings (SSSR count). The van der Waals surface area contributed by atoms with E-state index in [4.69, 9.17) is 13.6 Å². The molecule has 0 amide bonds. The standard InChI is InChI=1S/C17H19F3N4O5S/c1-21-30(26,27)14-5-3-2-4-11(14)23-16-22-8-10(17(18,19)20)15(24-16)29-13-6-7-28-9-12(13)25/h2-5,8,12-13,21,25H,6-7,9H2,1H3,(H,22,23,24)/t12-,13+/m0/s1/i1D3. The first-order chi connectivity index (χ1) is 15.3. The van der Waals surface area contributed by atoms with Crippen LogP contribution < -0.4 is 14.8 Å². The van der Waals surface area contributed by atoms with E-state index in [1.165, 1.54) is 22.9 Å². The monoisotopic (exact) mass is 451 g/mol. The van der Waals surface area contributed by atoms with Crippen molar-refractivity contribution in [3.05, 3.63) is 36.0 Å². The number of aliphatic hydroxyl groups excluding tert-OH is 1. The highest BCUT2D eigenvalue weighted by atomic mass is 32.2. The fourth-order valence-corrected chi connectivity index (χ4v) is 3.45. The van der Waals surface area contributed by atoms with Crippen LogP contribution in [-0.4, -0.2) is 55.9 Å². The highest BCUT2D eigenvalue weighted by Gasteiger charge is 2.38. The number of para-hydroxylation sites is 1. The second-order valence-corrected chi connectivity index (χ2v) is 7.87. The molecule has 0 radical (unpaired) electrons. The zero-order valence-electron chi connectivity index (χ0n) is 18.2. The van der Waals surface area contributed by atoms with Gasteiger partial charge in [0.2, 0.25) is 21.9 Å². The minimum absolute atomic E-state index is 0.118. The van der Waals surface area contributed by atoms with Gasteiger partial charge in [0.15, 0.2) is 0 Å². The lowest BCUT2D eigenvalue weighted by Crippen LogP contribution is -2.41. The average molecular weight is 451 g/mol. The molecule has 2 atom stereocenters. The molecule has 1 saturated heterocycles. The summed E-state index contributed by atoms with van der Waals surface area (Å²) in [5, 5.41) is 12.4. The minimum Gasteiger partial charge on any atom is -0.471 e. The van der Waals surface area contributed by atoms with Crippen molar-refractivity contribution < 1.29 is 40.3 Å². The van der Waals surface area contributed by atoms with Crippen LogP contribution in [0.25, 0.3) is 0 Å². The van der Waals surface area contributed by atoms with Crippen LogP contribution in [0.4, 0.5) is 24.8 Å². The van der Waals surface area contributed by atoms with E-state index in [1.54, 1.807) is 0 Å². The summed E-state index contributed by atoms with van der Waals surface area (Å²) < 4.78 is 98.4. The van der Waals surface area contributed by atoms with Crippen LogP contribution in [0, 0.1) is 0 Å². The molecule has 1 aliphatic rings. The van der Waals surface area contributed by atoms with E-state index in [9.17, 15) is 26.7 Å². The van der Waals surface area contributed by atoms with Gasteiger partial charge in [-0.1, -0.05) is 12.1 Å². The SMILES string of the molecule is [2H]C([2H])([2H])NS(=O)(=O)c1ccccc1Nc1ncc(C(F)(F)F)c(O[C@@H]2CCOC[C@@H]2O)n1. The maximum atomic E-state index is 13.4. The topological polar surface area (TPSA) is 123 Å². The molecule has 0 unspecified atom stereocenters. The molecule has 13 heteroatoms. The van der Waals surface area contributed by atoms with Gasteiger partial charge in [0.25, 0.3) is 0 Å². The predicted molar refractivity (Wildman–Crippen MR) is 98.9 cm³/mol. The molecule has 164 valence electrons. The van der Waals surface area contributed by atoms with Crippen LogP contribution in [0.3, 0.4) is 0 Å². The molecule has 0 aliphatic carbocycles. The van der Waals surface area contributed by atoms with Crippen molar-refractivity contribution in [2.75, 3.05) is 25.5 Å². The first-order valence-corrected chi connectivity index (χ1v) is 10.0. The molecule has 0 spiro atoms. The largest absolute Gasteiger partial charge is 0.471 e. The van der Waals surface area contributed by atoms with Crippen LogP contribution in [0.2, 0.25) is 0 Å². The molecule has 1 aromatic carbocycles. The Morgan fingerprint density at radius 3 is 2.83 bits per heavy atom. The lowest BCUT2D eigenvalue weighted by atomic mass is 10.1. The third-order valence-corrected chi connectivity index (χ3v) is 5.35. The van der Waals surface area contributed by atoms with Gasteiger partial charge >= 0.3 is 6.18 Å². The number of nitrogens with one attached hydrogen (secondary N) is 2. The van der Waals surface area contributed by atoms with E-state index in [0.717, 1.165) is 6.07 Å². The van der Waals surface area contributed by atoms with Crippen LogP contribution in [0.5, 0.6) is 5.88 Å². The smallest absolute Gasteiger partial charge is 0.423 e. The summed E-state index contributed by atoms with van der Waals surface area (Å²) >= 11 is 0. The van der Waals surface area contributed by atoms with Gasteiger partial charge in [-0.3, -0.25) is 0 Å². The Kier molecular flexibility index (Phi) is 5.32. The Morgan fingerprint density at radius 1 is 1.37 bits per heavy atom. The molecule has 1 fully saturated rings. The van der Waals surface area contributed by atoms with Gasteiger partial charge in [0, 0.05) is 16.7 Å². The molecule has 3 N–H and O–H groups in total. The Morgan fingerprint density at radius 2 is 2.13 bits per heavy atom. The number of sulfonamides is 1. The lowest BCUT2D eigenvalue weighted by Gasteiger charge is -2.28. The Hall–Kier alpha value is -2.48. The number of aromatic nitrogens is 2. The molecule has 0 bridgehead atoms. The molecular weight excluding hydrogens is 429 g/mol. The predicted octanol–water partition coefficient (Wildman–Crippen LogP) is 1.68. The number of hydrogen-bond acceptors (Lipinski definition) is 8. The number of benzene rings is 1. The number of nitrogens with zero attached hydrogens (tertiary/aromatic N) is 2. The number of anilines is 2. The van der Waals surface area contributed by atoms with E-state index >= 15 is 0 Å². The number of rotatable bonds is 6. The summed E-state index contributed by atoms with van der Waals surface area (Å²) in [4.78, 5) is 6.80. The Labute approximate surface area is 174 Å². The van der Waals surface area contributed by atoms with Crippen LogP contribution in [0.15, 0.2) is 35.4 Å². The fourth-order valence-electron chi connectivity index (χ4n) is 2.67. The summed E-state index contributed by atoms with van der Waals surface area (Å²) in [7, 11) is -4.53. The Bertz CT molecular complexity index is 1100. The Balaban J connectivity index is 1.95. The summed E-state index contributed by atoms with van der Waals surface area (Å²) in [5.41, 5.74) is -1.48. The minimum atomic E-state index is -4.87. The zero-order chi connectivity index (χ0) is 24.4. The third kappa shape index (κ3) is 4.98. The maximum Gasteiger partial charge on any atom is 0.423 e. The molecule has 30 heavy (non-hydrogen) atoms. The van der Waals surface area contributed by atoms with E-state index in [0.29, 0.717) is 6.20 Å². The molecule has 0 saturated carbocycles. The van der Waals surface area contributed by atoms with Crippen LogP contribution in [0.1, 0.15) is 16.1 Å². The van der Waals surface area contributed by atoms with Gasteiger partial charge in [0.1, 0.15) is 22.7 Å². The third-order valence-electron chi connectivity index (χ3n) is 4.14. The van der Waals surface area contributed by atoms with E-state index in [2.05, 4.69) is 15.3 Å². The maximum absolute atomic E-state index is 13.4. The van der Waals surface area contributed by atoms with Gasteiger partial charge in [-0.05, 0) is 19.1 Å². The van der Waals surface area contributed by atoms with Crippen molar-refractivity contribution >= 4 is 21.7 Å². The second-order valence-electron chi connectivity index (χ2n) is 6.22. The highest BCUT2D eigenvalue weighted by Crippen LogP contribution is 2.36. The number of ether oxygens (including phenoxy) is 2. The number of hydrogen-bond donors (Lipinski definition) is 3. The van der Waals surface area contributed by atoms with Crippen molar-refractivity contribution in [2.24, 2.45) is 0 Å². The molecule has 2 aromatic rings. The van der Waals surface area contributed by atoms with Gasteiger partial charge in [-0.15, -0.1) is 0 Å². The van der Waals surface area contributed by atoms with Crippen molar-refractivity contribution in [3.63, 3.8) is 0 Å². The normalized spacial score (nSPS) is 21.9. The molecule has 2 heterocycles. The number of aliphatic hydroxyl groups is 1. The van der Waals surface area contributed by atoms with Crippen LogP contribution >= 0.6 is 0 Å². The van der Waals surface area contributed by atoms with Crippen molar-refractivity contribution in [3.8, 4) is 5.88 Å². The van der Waals surface area contributed by atoms with E-state index in [-0.39, 0.29) is 25.3 Å². The fraction of sp³-hybridized carbons (Fsp3) is 0.412. The summed E-state index contributed by atoms with van der Waals surface area (Å²) in [6, 6.07) is 5.08.